The second-order valence-corrected chi connectivity index (χ2v) is 8.18. The Labute approximate surface area is 164 Å². The van der Waals surface area contributed by atoms with Crippen molar-refractivity contribution in [3.8, 4) is 0 Å². The summed E-state index contributed by atoms with van der Waals surface area (Å²) in [7, 11) is 0. The maximum atomic E-state index is 12.5. The molecule has 156 valence electrons. The second-order valence-electron chi connectivity index (χ2n) is 8.18. The molecule has 2 saturated carbocycles. The van der Waals surface area contributed by atoms with E-state index in [0.717, 1.165) is 30.6 Å². The summed E-state index contributed by atoms with van der Waals surface area (Å²) in [4.78, 5) is 24.6. The van der Waals surface area contributed by atoms with E-state index in [9.17, 15) is 22.8 Å². The number of hydrogen-bond donors (Lipinski definition) is 2. The summed E-state index contributed by atoms with van der Waals surface area (Å²) >= 11 is 0. The SMILES string of the molecule is Cl.NC1C2CCCC1CC(C(=O)NCC1CCN(C(=O)C(F)(F)F)CC1)C2. The number of fused-ring (bicyclic) bond motifs is 2. The second kappa shape index (κ2) is 8.99. The zero-order chi connectivity index (χ0) is 18.9. The van der Waals surface area contributed by atoms with Crippen LogP contribution in [-0.4, -0.2) is 48.6 Å². The number of nitrogens with zero attached hydrogens (tertiary/aromatic N) is 1. The molecule has 2 atom stereocenters. The molecule has 0 aromatic carbocycles. The average molecular weight is 412 g/mol. The van der Waals surface area contributed by atoms with Crippen molar-refractivity contribution in [2.24, 2.45) is 29.4 Å². The van der Waals surface area contributed by atoms with Crippen LogP contribution in [0.2, 0.25) is 0 Å². The van der Waals surface area contributed by atoms with E-state index in [-0.39, 0.29) is 49.3 Å². The van der Waals surface area contributed by atoms with Gasteiger partial charge in [-0.05, 0) is 56.3 Å². The van der Waals surface area contributed by atoms with Crippen molar-refractivity contribution in [3.05, 3.63) is 0 Å². The molecule has 0 aromatic rings. The predicted octanol–water partition coefficient (Wildman–Crippen LogP) is 2.48. The largest absolute Gasteiger partial charge is 0.471 e. The van der Waals surface area contributed by atoms with Gasteiger partial charge in [-0.15, -0.1) is 12.4 Å². The Morgan fingerprint density at radius 3 is 2.11 bits per heavy atom. The van der Waals surface area contributed by atoms with Crippen LogP contribution >= 0.6 is 12.4 Å². The topological polar surface area (TPSA) is 75.4 Å². The van der Waals surface area contributed by atoms with Gasteiger partial charge in [0.2, 0.25) is 5.91 Å². The molecule has 0 spiro atoms. The molecule has 27 heavy (non-hydrogen) atoms. The van der Waals surface area contributed by atoms with Gasteiger partial charge < -0.3 is 16.0 Å². The highest BCUT2D eigenvalue weighted by molar-refractivity contribution is 5.85. The van der Waals surface area contributed by atoms with Crippen molar-refractivity contribution in [1.29, 1.82) is 0 Å². The number of carbonyl (C=O) groups is 2. The van der Waals surface area contributed by atoms with Gasteiger partial charge in [0.15, 0.2) is 0 Å². The van der Waals surface area contributed by atoms with E-state index >= 15 is 0 Å². The lowest BCUT2D eigenvalue weighted by molar-refractivity contribution is -0.186. The number of carbonyl (C=O) groups excluding carboxylic acids is 2. The van der Waals surface area contributed by atoms with E-state index in [1.165, 1.54) is 6.42 Å². The molecule has 3 aliphatic rings. The van der Waals surface area contributed by atoms with Gasteiger partial charge >= 0.3 is 12.1 Å². The van der Waals surface area contributed by atoms with Gasteiger partial charge in [0, 0.05) is 31.6 Å². The number of alkyl halides is 3. The molecule has 2 amide bonds. The third-order valence-electron chi connectivity index (χ3n) is 6.49. The van der Waals surface area contributed by atoms with Crippen molar-refractivity contribution in [3.63, 3.8) is 0 Å². The Hall–Kier alpha value is -1.02. The normalized spacial score (nSPS) is 31.8. The summed E-state index contributed by atoms with van der Waals surface area (Å²) in [6, 6.07) is 0.225. The quantitative estimate of drug-likeness (QED) is 0.749. The summed E-state index contributed by atoms with van der Waals surface area (Å²) in [5, 5.41) is 3.00. The highest BCUT2D eigenvalue weighted by atomic mass is 35.5. The Morgan fingerprint density at radius 1 is 1.04 bits per heavy atom. The number of nitrogens with one attached hydrogen (secondary N) is 1. The van der Waals surface area contributed by atoms with Crippen LogP contribution in [0.25, 0.3) is 0 Å². The number of amides is 2. The van der Waals surface area contributed by atoms with Crippen LogP contribution in [-0.2, 0) is 9.59 Å². The predicted molar refractivity (Wildman–Crippen MR) is 97.1 cm³/mol. The number of likely N-dealkylation sites (tertiary alicyclic amines) is 1. The number of halogens is 4. The smallest absolute Gasteiger partial charge is 0.356 e. The fourth-order valence-corrected chi connectivity index (χ4v) is 4.91. The Morgan fingerprint density at radius 2 is 1.59 bits per heavy atom. The summed E-state index contributed by atoms with van der Waals surface area (Å²) in [5.41, 5.74) is 6.26. The molecular formula is C18H29ClF3N3O2. The first kappa shape index (κ1) is 22.3. The first-order valence-corrected chi connectivity index (χ1v) is 9.65. The molecule has 1 aliphatic heterocycles. The number of hydrogen-bond acceptors (Lipinski definition) is 3. The highest BCUT2D eigenvalue weighted by Crippen LogP contribution is 2.41. The van der Waals surface area contributed by atoms with Crippen molar-refractivity contribution in [1.82, 2.24) is 10.2 Å². The lowest BCUT2D eigenvalue weighted by atomic mass is 9.65. The molecule has 2 aliphatic carbocycles. The Bertz CT molecular complexity index is 524. The summed E-state index contributed by atoms with van der Waals surface area (Å²) in [6.45, 7) is 0.674. The van der Waals surface area contributed by atoms with Crippen LogP contribution < -0.4 is 11.1 Å². The molecule has 0 aromatic heterocycles. The first-order valence-electron chi connectivity index (χ1n) is 9.65. The van der Waals surface area contributed by atoms with E-state index in [1.54, 1.807) is 0 Å². The van der Waals surface area contributed by atoms with E-state index in [4.69, 9.17) is 5.73 Å². The molecule has 3 fully saturated rings. The van der Waals surface area contributed by atoms with Crippen molar-refractivity contribution in [2.45, 2.75) is 57.2 Å². The fourth-order valence-electron chi connectivity index (χ4n) is 4.91. The molecule has 0 radical (unpaired) electrons. The molecule has 2 unspecified atom stereocenters. The van der Waals surface area contributed by atoms with Crippen LogP contribution in [0.5, 0.6) is 0 Å². The molecule has 2 bridgehead atoms. The van der Waals surface area contributed by atoms with E-state index in [2.05, 4.69) is 5.32 Å². The van der Waals surface area contributed by atoms with Crippen molar-refractivity contribution in [2.75, 3.05) is 19.6 Å². The highest BCUT2D eigenvalue weighted by Gasteiger charge is 2.43. The summed E-state index contributed by atoms with van der Waals surface area (Å²) in [5.74, 6) is -0.684. The minimum atomic E-state index is -4.80. The molecule has 9 heteroatoms. The van der Waals surface area contributed by atoms with Crippen molar-refractivity contribution >= 4 is 24.2 Å². The van der Waals surface area contributed by atoms with Crippen LogP contribution in [0.3, 0.4) is 0 Å². The van der Waals surface area contributed by atoms with Gasteiger partial charge in [0.1, 0.15) is 0 Å². The molecule has 5 nitrogen and oxygen atoms in total. The molecule has 3 N–H and O–H groups in total. The number of piperidine rings is 1. The third kappa shape index (κ3) is 5.28. The van der Waals surface area contributed by atoms with Crippen LogP contribution in [0.4, 0.5) is 13.2 Å². The standard InChI is InChI=1S/C18H28F3N3O2.ClH/c19-18(20,21)17(26)24-6-4-11(5-7-24)10-23-16(25)14-8-12-2-1-3-13(9-14)15(12)22;/h11-15H,1-10,22H2,(H,23,25);1H. The van der Waals surface area contributed by atoms with Crippen molar-refractivity contribution < 1.29 is 22.8 Å². The monoisotopic (exact) mass is 411 g/mol. The van der Waals surface area contributed by atoms with Crippen LogP contribution in [0.15, 0.2) is 0 Å². The minimum Gasteiger partial charge on any atom is -0.356 e. The average Bonchev–Trinajstić information content (AvgIpc) is 2.58. The van der Waals surface area contributed by atoms with E-state index in [0.29, 0.717) is 31.2 Å². The fraction of sp³-hybridized carbons (Fsp3) is 0.889. The van der Waals surface area contributed by atoms with Gasteiger partial charge in [-0.1, -0.05) is 6.42 Å². The molecule has 1 saturated heterocycles. The molecule has 1 heterocycles. The van der Waals surface area contributed by atoms with E-state index < -0.39 is 12.1 Å². The van der Waals surface area contributed by atoms with Gasteiger partial charge in [0.05, 0.1) is 0 Å². The number of rotatable bonds is 3. The lowest BCUT2D eigenvalue weighted by Gasteiger charge is -2.43. The van der Waals surface area contributed by atoms with Crippen LogP contribution in [0.1, 0.15) is 44.9 Å². The zero-order valence-corrected chi connectivity index (χ0v) is 16.2. The minimum absolute atomic E-state index is 0. The van der Waals surface area contributed by atoms with Gasteiger partial charge in [-0.3, -0.25) is 9.59 Å². The van der Waals surface area contributed by atoms with Gasteiger partial charge in [-0.25, -0.2) is 0 Å². The lowest BCUT2D eigenvalue weighted by Crippen LogP contribution is -2.50. The van der Waals surface area contributed by atoms with Gasteiger partial charge in [-0.2, -0.15) is 13.2 Å². The first-order chi connectivity index (χ1) is 12.3. The Kier molecular flexibility index (Phi) is 7.41. The van der Waals surface area contributed by atoms with Gasteiger partial charge in [0.25, 0.3) is 0 Å². The maximum absolute atomic E-state index is 12.5. The zero-order valence-electron chi connectivity index (χ0n) is 15.3. The van der Waals surface area contributed by atoms with E-state index in [1.807, 2.05) is 0 Å². The van der Waals surface area contributed by atoms with Crippen LogP contribution in [0, 0.1) is 23.7 Å². The third-order valence-corrected chi connectivity index (χ3v) is 6.49. The maximum Gasteiger partial charge on any atom is 0.471 e. The number of nitrogens with two attached hydrogens (primary N) is 1. The summed E-state index contributed by atoms with van der Waals surface area (Å²) in [6.07, 6.45) is 1.28. The summed E-state index contributed by atoms with van der Waals surface area (Å²) < 4.78 is 37.4. The Balaban J connectivity index is 0.00000261. The molecule has 3 rings (SSSR count). The molecular weight excluding hydrogens is 383 g/mol.